The topological polar surface area (TPSA) is 52.0 Å². The van der Waals surface area contributed by atoms with Crippen LogP contribution in [0.15, 0.2) is 70.3 Å². The second kappa shape index (κ2) is 6.99. The molecule has 8 heteroatoms. The van der Waals surface area contributed by atoms with Crippen molar-refractivity contribution in [2.45, 2.75) is 11.8 Å². The Bertz CT molecular complexity index is 1320. The SMILES string of the molecule is Cc1ccc(S(=O)(=O)n2cc(-c3ccc(F)c(Cl)c3)c3cc(Br)cnc32)cc1. The molecular formula is C20H13BrClFN2O2S. The molecule has 2 heterocycles. The summed E-state index contributed by atoms with van der Waals surface area (Å²) in [5, 5.41) is 0.565. The lowest BCUT2D eigenvalue weighted by molar-refractivity contribution is 0.588. The fourth-order valence-corrected chi connectivity index (χ4v) is 4.79. The molecule has 4 rings (SSSR count). The molecule has 4 nitrogen and oxygen atoms in total. The number of pyridine rings is 1. The molecular weight excluding hydrogens is 467 g/mol. The van der Waals surface area contributed by atoms with Gasteiger partial charge in [0.15, 0.2) is 5.65 Å². The Morgan fingerprint density at radius 3 is 2.50 bits per heavy atom. The van der Waals surface area contributed by atoms with E-state index in [0.29, 0.717) is 21.0 Å². The van der Waals surface area contributed by atoms with Crippen molar-refractivity contribution in [2.24, 2.45) is 0 Å². The molecule has 2 aromatic heterocycles. The number of halogens is 3. The highest BCUT2D eigenvalue weighted by atomic mass is 79.9. The largest absolute Gasteiger partial charge is 0.269 e. The minimum absolute atomic E-state index is 0.0391. The molecule has 2 aromatic carbocycles. The maximum Gasteiger partial charge on any atom is 0.269 e. The lowest BCUT2D eigenvalue weighted by atomic mass is 10.1. The van der Waals surface area contributed by atoms with Gasteiger partial charge in [0.2, 0.25) is 0 Å². The summed E-state index contributed by atoms with van der Waals surface area (Å²) >= 11 is 9.30. The summed E-state index contributed by atoms with van der Waals surface area (Å²) in [5.41, 5.74) is 2.41. The molecule has 0 unspecified atom stereocenters. The van der Waals surface area contributed by atoms with Crippen LogP contribution in [0.1, 0.15) is 5.56 Å². The molecule has 0 bridgehead atoms. The number of aryl methyl sites for hydroxylation is 1. The zero-order valence-electron chi connectivity index (χ0n) is 14.5. The van der Waals surface area contributed by atoms with Crippen LogP contribution in [-0.4, -0.2) is 17.4 Å². The summed E-state index contributed by atoms with van der Waals surface area (Å²) in [6.45, 7) is 1.89. The summed E-state index contributed by atoms with van der Waals surface area (Å²) in [4.78, 5) is 4.46. The third kappa shape index (κ3) is 3.23. The molecule has 0 atom stereocenters. The van der Waals surface area contributed by atoms with Crippen molar-refractivity contribution in [1.29, 1.82) is 0 Å². The van der Waals surface area contributed by atoms with Crippen LogP contribution in [0.25, 0.3) is 22.2 Å². The summed E-state index contributed by atoms with van der Waals surface area (Å²) < 4.78 is 41.9. The first-order valence-corrected chi connectivity index (χ1v) is 10.8. The molecule has 0 spiro atoms. The predicted octanol–water partition coefficient (Wildman–Crippen LogP) is 5.80. The van der Waals surface area contributed by atoms with Crippen LogP contribution in [0.3, 0.4) is 0 Å². The second-order valence-corrected chi connectivity index (χ2v) is 9.45. The Morgan fingerprint density at radius 2 is 1.82 bits per heavy atom. The second-order valence-electron chi connectivity index (χ2n) is 6.31. The van der Waals surface area contributed by atoms with E-state index in [1.165, 1.54) is 24.5 Å². The Balaban J connectivity index is 2.00. The van der Waals surface area contributed by atoms with Crippen molar-refractivity contribution in [3.63, 3.8) is 0 Å². The number of benzene rings is 2. The number of fused-ring (bicyclic) bond motifs is 1. The number of nitrogens with zero attached hydrogens (tertiary/aromatic N) is 2. The van der Waals surface area contributed by atoms with Crippen LogP contribution < -0.4 is 0 Å². The van der Waals surface area contributed by atoms with E-state index in [1.54, 1.807) is 36.4 Å². The molecule has 0 amide bonds. The summed E-state index contributed by atoms with van der Waals surface area (Å²) in [7, 11) is -3.87. The molecule has 0 fully saturated rings. The van der Waals surface area contributed by atoms with Crippen molar-refractivity contribution in [1.82, 2.24) is 8.96 Å². The molecule has 4 aromatic rings. The van der Waals surface area contributed by atoms with Gasteiger partial charge in [-0.2, -0.15) is 0 Å². The average molecular weight is 480 g/mol. The van der Waals surface area contributed by atoms with Gasteiger partial charge in [0, 0.05) is 27.8 Å². The first kappa shape index (κ1) is 19.1. The molecule has 0 saturated carbocycles. The molecule has 0 saturated heterocycles. The van der Waals surface area contributed by atoms with Gasteiger partial charge < -0.3 is 0 Å². The smallest absolute Gasteiger partial charge is 0.236 e. The number of hydrogen-bond acceptors (Lipinski definition) is 3. The summed E-state index contributed by atoms with van der Waals surface area (Å²) in [6.07, 6.45) is 3.02. The first-order chi connectivity index (χ1) is 13.3. The van der Waals surface area contributed by atoms with Crippen molar-refractivity contribution >= 4 is 48.6 Å². The van der Waals surface area contributed by atoms with E-state index in [4.69, 9.17) is 11.6 Å². The van der Waals surface area contributed by atoms with E-state index >= 15 is 0 Å². The molecule has 0 N–H and O–H groups in total. The fraction of sp³-hybridized carbons (Fsp3) is 0.0500. The monoisotopic (exact) mass is 478 g/mol. The quantitative estimate of drug-likeness (QED) is 0.373. The van der Waals surface area contributed by atoms with Crippen molar-refractivity contribution in [3.05, 3.63) is 81.8 Å². The van der Waals surface area contributed by atoms with Gasteiger partial charge in [-0.1, -0.05) is 35.4 Å². The minimum atomic E-state index is -3.87. The summed E-state index contributed by atoms with van der Waals surface area (Å²) in [6, 6.07) is 12.6. The van der Waals surface area contributed by atoms with Gasteiger partial charge in [-0.15, -0.1) is 0 Å². The van der Waals surface area contributed by atoms with Gasteiger partial charge in [-0.05, 0) is 58.7 Å². The van der Waals surface area contributed by atoms with Crippen LogP contribution in [0.2, 0.25) is 5.02 Å². The molecule has 0 aliphatic heterocycles. The number of aromatic nitrogens is 2. The van der Waals surface area contributed by atoms with Crippen LogP contribution in [0.4, 0.5) is 4.39 Å². The van der Waals surface area contributed by atoms with Crippen molar-refractivity contribution in [3.8, 4) is 11.1 Å². The maximum atomic E-state index is 13.6. The standard InChI is InChI=1S/C20H13BrClFN2O2S/c1-12-2-5-15(6-3-12)28(26,27)25-11-17(13-4-7-19(23)18(22)8-13)16-9-14(21)10-24-20(16)25/h2-11H,1H3. The molecule has 0 aliphatic carbocycles. The van der Waals surface area contributed by atoms with Gasteiger partial charge >= 0.3 is 0 Å². The highest BCUT2D eigenvalue weighted by Gasteiger charge is 2.23. The molecule has 0 aliphatic rings. The van der Waals surface area contributed by atoms with Crippen LogP contribution in [0.5, 0.6) is 0 Å². The summed E-state index contributed by atoms with van der Waals surface area (Å²) in [5.74, 6) is -0.541. The van der Waals surface area contributed by atoms with Crippen LogP contribution in [-0.2, 0) is 10.0 Å². The van der Waals surface area contributed by atoms with Gasteiger partial charge in [-0.3, -0.25) is 0 Å². The van der Waals surface area contributed by atoms with Crippen molar-refractivity contribution < 1.29 is 12.8 Å². The van der Waals surface area contributed by atoms with Crippen LogP contribution >= 0.6 is 27.5 Å². The van der Waals surface area contributed by atoms with E-state index in [0.717, 1.165) is 9.54 Å². The van der Waals surface area contributed by atoms with E-state index in [2.05, 4.69) is 20.9 Å². The zero-order chi connectivity index (χ0) is 20.1. The first-order valence-electron chi connectivity index (χ1n) is 8.21. The van der Waals surface area contributed by atoms with E-state index < -0.39 is 15.8 Å². The Kier molecular flexibility index (Phi) is 4.77. The predicted molar refractivity (Wildman–Crippen MR) is 112 cm³/mol. The van der Waals surface area contributed by atoms with E-state index in [-0.39, 0.29) is 15.6 Å². The Labute approximate surface area is 174 Å². The van der Waals surface area contributed by atoms with Gasteiger partial charge in [0.05, 0.1) is 9.92 Å². The molecule has 0 radical (unpaired) electrons. The van der Waals surface area contributed by atoms with E-state index in [1.807, 2.05) is 6.92 Å². The molecule has 142 valence electrons. The zero-order valence-corrected chi connectivity index (χ0v) is 17.7. The maximum absolute atomic E-state index is 13.6. The van der Waals surface area contributed by atoms with Crippen molar-refractivity contribution in [2.75, 3.05) is 0 Å². The highest BCUT2D eigenvalue weighted by molar-refractivity contribution is 9.10. The third-order valence-corrected chi connectivity index (χ3v) is 6.77. The van der Waals surface area contributed by atoms with Gasteiger partial charge in [-0.25, -0.2) is 21.8 Å². The number of rotatable bonds is 3. The van der Waals surface area contributed by atoms with E-state index in [9.17, 15) is 12.8 Å². The highest BCUT2D eigenvalue weighted by Crippen LogP contribution is 2.35. The van der Waals surface area contributed by atoms with Gasteiger partial charge in [0.1, 0.15) is 5.82 Å². The minimum Gasteiger partial charge on any atom is -0.236 e. The number of hydrogen-bond donors (Lipinski definition) is 0. The van der Waals surface area contributed by atoms with Crippen LogP contribution in [0, 0.1) is 12.7 Å². The molecule has 28 heavy (non-hydrogen) atoms. The Morgan fingerprint density at radius 1 is 1.11 bits per heavy atom. The average Bonchev–Trinajstić information content (AvgIpc) is 3.04. The fourth-order valence-electron chi connectivity index (χ4n) is 2.95. The lowest BCUT2D eigenvalue weighted by Gasteiger charge is -2.07. The lowest BCUT2D eigenvalue weighted by Crippen LogP contribution is -2.12. The third-order valence-electron chi connectivity index (χ3n) is 4.39. The normalized spacial score (nSPS) is 11.9. The van der Waals surface area contributed by atoms with Gasteiger partial charge in [0.25, 0.3) is 10.0 Å². The Hall–Kier alpha value is -2.22.